The van der Waals surface area contributed by atoms with Gasteiger partial charge < -0.3 is 14.9 Å². The van der Waals surface area contributed by atoms with Gasteiger partial charge in [0.05, 0.1) is 5.92 Å². The zero-order valence-corrected chi connectivity index (χ0v) is 13.3. The third kappa shape index (κ3) is 3.80. The van der Waals surface area contributed by atoms with Gasteiger partial charge in [0.2, 0.25) is 0 Å². The first-order valence-corrected chi connectivity index (χ1v) is 7.77. The molecule has 3 rings (SSSR count). The lowest BCUT2D eigenvalue weighted by Gasteiger charge is -2.25. The van der Waals surface area contributed by atoms with E-state index in [2.05, 4.69) is 11.8 Å². The first-order valence-electron chi connectivity index (χ1n) is 7.77. The number of benzene rings is 2. The molecule has 24 heavy (non-hydrogen) atoms. The van der Waals surface area contributed by atoms with Gasteiger partial charge >= 0.3 is 0 Å². The maximum Gasteiger partial charge on any atom is 0.130 e. The first kappa shape index (κ1) is 15.8. The highest BCUT2D eigenvalue weighted by Crippen LogP contribution is 2.25. The van der Waals surface area contributed by atoms with E-state index in [1.54, 1.807) is 6.08 Å². The second-order valence-electron chi connectivity index (χ2n) is 5.67. The topological polar surface area (TPSA) is 49.7 Å². The average Bonchev–Trinajstić information content (AvgIpc) is 2.59. The standard InChI is InChI=1S/C21H18O3/c1-15-20(23)13-18(22)14-21(15)24-19-11-9-17(10-12-19)8-7-16-5-3-2-4-6-16/h2-6,9-15,21-23H,1H3. The SMILES string of the molecule is CC1C(O)=CC(O)=CC1Oc1ccc(C#Cc2ccccc2)cc1. The van der Waals surface area contributed by atoms with Gasteiger partial charge in [-0.05, 0) is 42.5 Å². The molecule has 2 unspecified atom stereocenters. The lowest BCUT2D eigenvalue weighted by Crippen LogP contribution is -2.27. The second kappa shape index (κ2) is 6.97. The molecule has 0 amide bonds. The van der Waals surface area contributed by atoms with Gasteiger partial charge in [-0.25, -0.2) is 0 Å². The molecule has 0 aromatic heterocycles. The second-order valence-corrected chi connectivity index (χ2v) is 5.67. The maximum absolute atomic E-state index is 9.78. The summed E-state index contributed by atoms with van der Waals surface area (Å²) in [5.74, 6) is 6.80. The van der Waals surface area contributed by atoms with Crippen molar-refractivity contribution in [3.8, 4) is 17.6 Å². The summed E-state index contributed by atoms with van der Waals surface area (Å²) in [5.41, 5.74) is 1.86. The number of hydrogen-bond donors (Lipinski definition) is 2. The largest absolute Gasteiger partial charge is 0.512 e. The van der Waals surface area contributed by atoms with Crippen LogP contribution in [0.3, 0.4) is 0 Å². The Morgan fingerprint density at radius 2 is 1.50 bits per heavy atom. The molecule has 120 valence electrons. The molecular weight excluding hydrogens is 300 g/mol. The van der Waals surface area contributed by atoms with Crippen molar-refractivity contribution in [2.45, 2.75) is 13.0 Å². The van der Waals surface area contributed by atoms with Crippen LogP contribution in [0.5, 0.6) is 5.75 Å². The molecule has 0 heterocycles. The van der Waals surface area contributed by atoms with E-state index in [4.69, 9.17) is 4.74 Å². The molecule has 0 aliphatic heterocycles. The van der Waals surface area contributed by atoms with Gasteiger partial charge in [0, 0.05) is 17.2 Å². The van der Waals surface area contributed by atoms with E-state index in [9.17, 15) is 10.2 Å². The molecule has 1 aliphatic carbocycles. The van der Waals surface area contributed by atoms with Gasteiger partial charge in [-0.3, -0.25) is 0 Å². The van der Waals surface area contributed by atoms with E-state index in [-0.39, 0.29) is 17.4 Å². The number of rotatable bonds is 2. The lowest BCUT2D eigenvalue weighted by molar-refractivity contribution is 0.162. The van der Waals surface area contributed by atoms with Gasteiger partial charge in [0.1, 0.15) is 23.4 Å². The monoisotopic (exact) mass is 318 g/mol. The molecule has 2 N–H and O–H groups in total. The Kier molecular flexibility index (Phi) is 4.58. The molecule has 0 fully saturated rings. The van der Waals surface area contributed by atoms with Crippen molar-refractivity contribution in [3.05, 3.63) is 89.4 Å². The van der Waals surface area contributed by atoms with Crippen molar-refractivity contribution < 1.29 is 14.9 Å². The van der Waals surface area contributed by atoms with Crippen LogP contribution < -0.4 is 4.74 Å². The highest BCUT2D eigenvalue weighted by molar-refractivity contribution is 5.44. The van der Waals surface area contributed by atoms with Gasteiger partial charge in [-0.15, -0.1) is 0 Å². The summed E-state index contributed by atoms with van der Waals surface area (Å²) >= 11 is 0. The molecule has 0 bridgehead atoms. The van der Waals surface area contributed by atoms with Gasteiger partial charge in [0.15, 0.2) is 0 Å². The van der Waals surface area contributed by atoms with Crippen LogP contribution in [0.2, 0.25) is 0 Å². The van der Waals surface area contributed by atoms with E-state index in [1.165, 1.54) is 6.08 Å². The molecule has 3 nitrogen and oxygen atoms in total. The van der Waals surface area contributed by atoms with Gasteiger partial charge in [0.25, 0.3) is 0 Å². The Hall–Kier alpha value is -3.12. The fourth-order valence-electron chi connectivity index (χ4n) is 2.39. The van der Waals surface area contributed by atoms with Crippen LogP contribution in [0, 0.1) is 17.8 Å². The predicted octanol–water partition coefficient (Wildman–Crippen LogP) is 4.37. The van der Waals surface area contributed by atoms with E-state index in [0.29, 0.717) is 5.75 Å². The van der Waals surface area contributed by atoms with Crippen LogP contribution in [0.4, 0.5) is 0 Å². The number of hydrogen-bond acceptors (Lipinski definition) is 3. The fourth-order valence-corrected chi connectivity index (χ4v) is 2.39. The molecule has 1 aliphatic rings. The highest BCUT2D eigenvalue weighted by Gasteiger charge is 2.25. The van der Waals surface area contributed by atoms with Crippen molar-refractivity contribution in [1.82, 2.24) is 0 Å². The number of aliphatic hydroxyl groups excluding tert-OH is 2. The third-order valence-electron chi connectivity index (χ3n) is 3.84. The molecule has 0 saturated carbocycles. The molecule has 2 aromatic carbocycles. The van der Waals surface area contributed by atoms with Crippen LogP contribution in [-0.2, 0) is 0 Å². The van der Waals surface area contributed by atoms with E-state index in [1.807, 2.05) is 61.5 Å². The third-order valence-corrected chi connectivity index (χ3v) is 3.84. The molecule has 2 aromatic rings. The summed E-state index contributed by atoms with van der Waals surface area (Å²) in [5, 5.41) is 19.4. The van der Waals surface area contributed by atoms with Crippen molar-refractivity contribution >= 4 is 0 Å². The molecule has 2 atom stereocenters. The molecule has 3 heteroatoms. The van der Waals surface area contributed by atoms with Crippen molar-refractivity contribution in [2.24, 2.45) is 5.92 Å². The number of allylic oxidation sites excluding steroid dienone is 1. The molecule has 0 spiro atoms. The van der Waals surface area contributed by atoms with E-state index in [0.717, 1.165) is 11.1 Å². The Bertz CT molecular complexity index is 821. The minimum Gasteiger partial charge on any atom is -0.512 e. The summed E-state index contributed by atoms with van der Waals surface area (Å²) in [4.78, 5) is 0. The smallest absolute Gasteiger partial charge is 0.130 e. The zero-order chi connectivity index (χ0) is 16.9. The summed E-state index contributed by atoms with van der Waals surface area (Å²) in [6.07, 6.45) is 2.52. The lowest BCUT2D eigenvalue weighted by atomic mass is 9.96. The van der Waals surface area contributed by atoms with Crippen LogP contribution >= 0.6 is 0 Å². The maximum atomic E-state index is 9.78. The van der Waals surface area contributed by atoms with Crippen LogP contribution in [0.15, 0.2) is 78.3 Å². The molecule has 0 radical (unpaired) electrons. The van der Waals surface area contributed by atoms with Crippen molar-refractivity contribution in [2.75, 3.05) is 0 Å². The van der Waals surface area contributed by atoms with Crippen LogP contribution in [-0.4, -0.2) is 16.3 Å². The van der Waals surface area contributed by atoms with Gasteiger partial charge in [-0.1, -0.05) is 37.0 Å². The quantitative estimate of drug-likeness (QED) is 0.809. The predicted molar refractivity (Wildman–Crippen MR) is 93.9 cm³/mol. The minimum atomic E-state index is -0.406. The zero-order valence-electron chi connectivity index (χ0n) is 13.3. The Labute approximate surface area is 141 Å². The summed E-state index contributed by atoms with van der Waals surface area (Å²) in [6, 6.07) is 17.3. The van der Waals surface area contributed by atoms with Crippen molar-refractivity contribution in [3.63, 3.8) is 0 Å². The fraction of sp³-hybridized carbons (Fsp3) is 0.143. The summed E-state index contributed by atoms with van der Waals surface area (Å²) in [7, 11) is 0. The normalized spacial score (nSPS) is 19.5. The summed E-state index contributed by atoms with van der Waals surface area (Å²) < 4.78 is 5.84. The Balaban J connectivity index is 1.70. The number of ether oxygens (including phenoxy) is 1. The minimum absolute atomic E-state index is 0.0148. The van der Waals surface area contributed by atoms with Crippen LogP contribution in [0.1, 0.15) is 18.1 Å². The number of aliphatic hydroxyl groups is 2. The molecular formula is C21H18O3. The Morgan fingerprint density at radius 1 is 0.875 bits per heavy atom. The average molecular weight is 318 g/mol. The first-order chi connectivity index (χ1) is 11.6. The van der Waals surface area contributed by atoms with E-state index >= 15 is 0 Å². The molecule has 0 saturated heterocycles. The van der Waals surface area contributed by atoms with Crippen molar-refractivity contribution in [1.29, 1.82) is 0 Å². The highest BCUT2D eigenvalue weighted by atomic mass is 16.5. The summed E-state index contributed by atoms with van der Waals surface area (Å²) in [6.45, 7) is 1.85. The van der Waals surface area contributed by atoms with E-state index < -0.39 is 6.10 Å². The Morgan fingerprint density at radius 3 is 2.17 bits per heavy atom. The van der Waals surface area contributed by atoms with Gasteiger partial charge in [-0.2, -0.15) is 0 Å². The van der Waals surface area contributed by atoms with Crippen LogP contribution in [0.25, 0.3) is 0 Å².